The topological polar surface area (TPSA) is 130 Å². The van der Waals surface area contributed by atoms with Gasteiger partial charge in [0.1, 0.15) is 0 Å². The van der Waals surface area contributed by atoms with Crippen LogP contribution in [0.1, 0.15) is 0 Å². The summed E-state index contributed by atoms with van der Waals surface area (Å²) in [5, 5.41) is 0. The number of nitrogens with zero attached hydrogens (tertiary/aromatic N) is 1. The number of benzene rings is 1. The zero-order valence-corrected chi connectivity index (χ0v) is 9.23. The highest BCUT2D eigenvalue weighted by molar-refractivity contribution is 7.98. The molecule has 0 radical (unpaired) electrons. The minimum Gasteiger partial charge on any atom is -0.733 e. The molecule has 16 heavy (non-hydrogen) atoms. The van der Waals surface area contributed by atoms with Crippen LogP contribution >= 0.6 is 0 Å². The Bertz CT molecular complexity index is 520. The zero-order valence-electron chi connectivity index (χ0n) is 7.60. The molecule has 1 rings (SSSR count). The van der Waals surface area contributed by atoms with Crippen LogP contribution in [0.5, 0.6) is 0 Å². The average molecular weight is 266 g/mol. The van der Waals surface area contributed by atoms with Gasteiger partial charge in [0.05, 0.1) is 5.69 Å². The lowest BCUT2D eigenvalue weighted by Crippen LogP contribution is -2.40. The summed E-state index contributed by atoms with van der Waals surface area (Å²) < 4.78 is 62.2. The second-order valence-corrected chi connectivity index (χ2v) is 5.26. The van der Waals surface area contributed by atoms with Gasteiger partial charge in [0.2, 0.25) is 0 Å². The van der Waals surface area contributed by atoms with Crippen molar-refractivity contribution in [2.24, 2.45) is 0 Å². The molecule has 0 saturated heterocycles. The third-order valence-electron chi connectivity index (χ3n) is 1.40. The molecule has 90 valence electrons. The first kappa shape index (κ1) is 12.9. The summed E-state index contributed by atoms with van der Waals surface area (Å²) in [6, 6.07) is 7.05. The van der Waals surface area contributed by atoms with E-state index in [1.165, 1.54) is 24.3 Å². The second-order valence-electron chi connectivity index (χ2n) is 2.59. The molecule has 0 unspecified atom stereocenters. The first-order valence-electron chi connectivity index (χ1n) is 3.75. The van der Waals surface area contributed by atoms with Crippen LogP contribution in [0.4, 0.5) is 5.69 Å². The minimum absolute atomic E-state index is 0.0265. The molecule has 0 aliphatic rings. The van der Waals surface area contributed by atoms with Gasteiger partial charge in [0.15, 0.2) is 20.6 Å². The summed E-state index contributed by atoms with van der Waals surface area (Å²) in [5.41, 5.74) is 1.66. The van der Waals surface area contributed by atoms with Gasteiger partial charge in [-0.05, 0) is 16.0 Å². The highest BCUT2D eigenvalue weighted by atomic mass is 32.3. The molecule has 1 aromatic rings. The molecule has 0 aliphatic carbocycles. The van der Waals surface area contributed by atoms with Crippen LogP contribution in [0.25, 0.3) is 0 Å². The van der Waals surface area contributed by atoms with Crippen LogP contribution in [-0.2, 0) is 20.6 Å². The maximum Gasteiger partial charge on any atom is 0.192 e. The molecule has 10 heteroatoms. The summed E-state index contributed by atoms with van der Waals surface area (Å²) in [6.45, 7) is 0. The maximum atomic E-state index is 10.5. The van der Waals surface area contributed by atoms with Gasteiger partial charge in [-0.15, -0.1) is 0 Å². The second kappa shape index (κ2) is 4.35. The lowest BCUT2D eigenvalue weighted by atomic mass is 10.3. The predicted octanol–water partition coefficient (Wildman–Crippen LogP) is -0.764. The Labute approximate surface area is 92.2 Å². The Balaban J connectivity index is 3.08. The van der Waals surface area contributed by atoms with E-state index >= 15 is 0 Å². The normalized spacial score (nSPS) is 12.7. The minimum atomic E-state index is -5.45. The van der Waals surface area contributed by atoms with Gasteiger partial charge in [-0.1, -0.05) is 18.2 Å². The molecule has 0 atom stereocenters. The van der Waals surface area contributed by atoms with Crippen molar-refractivity contribution in [3.8, 4) is 0 Å². The molecule has 0 spiro atoms. The number of hydrogen-bond acceptors (Lipinski definition) is 7. The van der Waals surface area contributed by atoms with E-state index in [2.05, 4.69) is 0 Å². The first-order valence-corrected chi connectivity index (χ1v) is 6.48. The molecule has 0 aliphatic heterocycles. The zero-order chi connectivity index (χ0) is 12.4. The van der Waals surface area contributed by atoms with Crippen LogP contribution in [0, 0.1) is 0 Å². The Morgan fingerprint density at radius 3 is 1.75 bits per heavy atom. The first-order chi connectivity index (χ1) is 7.21. The smallest absolute Gasteiger partial charge is 0.192 e. The molecular formula is C6H6N2O6S2-2. The summed E-state index contributed by atoms with van der Waals surface area (Å²) >= 11 is 0. The van der Waals surface area contributed by atoms with Gasteiger partial charge in [-0.25, -0.2) is 16.8 Å². The number of rotatable bonds is 4. The van der Waals surface area contributed by atoms with E-state index < -0.39 is 24.4 Å². The van der Waals surface area contributed by atoms with Crippen LogP contribution < -0.4 is 5.43 Å². The fourth-order valence-electron chi connectivity index (χ4n) is 0.842. The van der Waals surface area contributed by atoms with Crippen molar-refractivity contribution in [2.45, 2.75) is 0 Å². The van der Waals surface area contributed by atoms with Crippen molar-refractivity contribution in [3.05, 3.63) is 30.3 Å². The van der Waals surface area contributed by atoms with E-state index in [1.807, 2.05) is 0 Å². The Hall–Kier alpha value is -1.20. The van der Waals surface area contributed by atoms with Crippen LogP contribution in [-0.4, -0.2) is 29.8 Å². The van der Waals surface area contributed by atoms with E-state index in [-0.39, 0.29) is 5.69 Å². The average Bonchev–Trinajstić information content (AvgIpc) is 2.12. The van der Waals surface area contributed by atoms with Crippen molar-refractivity contribution in [3.63, 3.8) is 0 Å². The molecule has 0 saturated carbocycles. The van der Waals surface area contributed by atoms with Crippen molar-refractivity contribution >= 4 is 26.3 Å². The van der Waals surface area contributed by atoms with Gasteiger partial charge in [-0.3, -0.25) is 5.43 Å². The molecule has 1 aromatic carbocycles. The molecule has 1 N–H and O–H groups in total. The number of hydrogen-bond donors (Lipinski definition) is 1. The van der Waals surface area contributed by atoms with Crippen LogP contribution in [0.2, 0.25) is 0 Å². The molecule has 0 bridgehead atoms. The monoisotopic (exact) mass is 266 g/mol. The van der Waals surface area contributed by atoms with Crippen molar-refractivity contribution in [2.75, 3.05) is 5.43 Å². The van der Waals surface area contributed by atoms with Crippen molar-refractivity contribution in [1.29, 1.82) is 0 Å². The van der Waals surface area contributed by atoms with Gasteiger partial charge in [-0.2, -0.15) is 0 Å². The number of anilines is 1. The molecule has 0 amide bonds. The van der Waals surface area contributed by atoms with Crippen molar-refractivity contribution < 1.29 is 25.9 Å². The molecule has 0 fully saturated rings. The Kier molecular flexibility index (Phi) is 3.50. The van der Waals surface area contributed by atoms with E-state index in [0.717, 1.165) is 0 Å². The van der Waals surface area contributed by atoms with Gasteiger partial charge in [0, 0.05) is 0 Å². The number of para-hydroxylation sites is 1. The van der Waals surface area contributed by atoms with Crippen LogP contribution in [0.15, 0.2) is 30.3 Å². The lowest BCUT2D eigenvalue weighted by Gasteiger charge is -2.27. The van der Waals surface area contributed by atoms with E-state index in [4.69, 9.17) is 0 Å². The van der Waals surface area contributed by atoms with Gasteiger partial charge >= 0.3 is 0 Å². The number of hydrazine groups is 1. The predicted molar refractivity (Wildman–Crippen MR) is 51.3 cm³/mol. The van der Waals surface area contributed by atoms with E-state index in [9.17, 15) is 25.9 Å². The van der Waals surface area contributed by atoms with Gasteiger partial charge in [0.25, 0.3) is 0 Å². The fraction of sp³-hybridized carbons (Fsp3) is 0. The van der Waals surface area contributed by atoms with Gasteiger partial charge < -0.3 is 9.11 Å². The summed E-state index contributed by atoms with van der Waals surface area (Å²) in [4.78, 5) is 0. The SMILES string of the molecule is O=S(=O)([O-])N(Nc1ccccc1)S(=O)(=O)[O-]. The van der Waals surface area contributed by atoms with Crippen molar-refractivity contribution in [1.82, 2.24) is 3.82 Å². The fourth-order valence-corrected chi connectivity index (χ4v) is 2.17. The largest absolute Gasteiger partial charge is 0.733 e. The third-order valence-corrected chi connectivity index (χ3v) is 3.49. The Morgan fingerprint density at radius 1 is 0.938 bits per heavy atom. The highest BCUT2D eigenvalue weighted by Gasteiger charge is 2.18. The highest BCUT2D eigenvalue weighted by Crippen LogP contribution is 2.11. The Morgan fingerprint density at radius 2 is 1.38 bits per heavy atom. The van der Waals surface area contributed by atoms with Crippen LogP contribution in [0.3, 0.4) is 0 Å². The summed E-state index contributed by atoms with van der Waals surface area (Å²) in [5.74, 6) is 0. The standard InChI is InChI=1S/C6H8N2O6S2/c9-15(10,11)8(16(12,13)14)7-6-4-2-1-3-5-6/h1-5,7H,(H,9,10,11)(H,12,13,14)/p-2. The molecule has 0 heterocycles. The lowest BCUT2D eigenvalue weighted by molar-refractivity contribution is 0.384. The summed E-state index contributed by atoms with van der Waals surface area (Å²) in [6.07, 6.45) is 0. The summed E-state index contributed by atoms with van der Waals surface area (Å²) in [7, 11) is -10.9. The van der Waals surface area contributed by atoms with E-state index in [0.29, 0.717) is 0 Å². The van der Waals surface area contributed by atoms with E-state index in [1.54, 1.807) is 11.5 Å². The third kappa shape index (κ3) is 3.43. The quantitative estimate of drug-likeness (QED) is 0.559. The molecule has 8 nitrogen and oxygen atoms in total. The molecule has 0 aromatic heterocycles. The molecular weight excluding hydrogens is 260 g/mol. The number of nitrogens with one attached hydrogen (secondary N) is 1. The maximum absolute atomic E-state index is 10.5.